The molecule has 1 saturated heterocycles. The van der Waals surface area contributed by atoms with Crippen LogP contribution in [0, 0.1) is 31.0 Å². The summed E-state index contributed by atoms with van der Waals surface area (Å²) in [6, 6.07) is 6.68. The van der Waals surface area contributed by atoms with Crippen molar-refractivity contribution in [2.45, 2.75) is 51.1 Å². The van der Waals surface area contributed by atoms with Crippen LogP contribution in [0.4, 0.5) is 4.39 Å². The molecule has 1 aliphatic heterocycles. The fraction of sp³-hybridized carbons (Fsp3) is 0.476. The van der Waals surface area contributed by atoms with Crippen LogP contribution in [-0.2, 0) is 10.3 Å². The number of benzene rings is 1. The normalized spacial score (nSPS) is 20.2. The first-order valence-corrected chi connectivity index (χ1v) is 9.62. The number of halogens is 1. The zero-order valence-corrected chi connectivity index (χ0v) is 16.1. The predicted molar refractivity (Wildman–Crippen MR) is 101 cm³/mol. The van der Waals surface area contributed by atoms with Crippen LogP contribution in [-0.4, -0.2) is 34.9 Å². The van der Waals surface area contributed by atoms with Crippen LogP contribution in [0.2, 0.25) is 0 Å². The van der Waals surface area contributed by atoms with Crippen molar-refractivity contribution in [2.24, 2.45) is 0 Å². The minimum atomic E-state index is -0.363. The van der Waals surface area contributed by atoms with Gasteiger partial charge < -0.3 is 9.32 Å². The van der Waals surface area contributed by atoms with E-state index in [9.17, 15) is 14.4 Å². The number of aryl methyl sites for hydroxylation is 2. The summed E-state index contributed by atoms with van der Waals surface area (Å²) in [7, 11) is 0. The minimum absolute atomic E-state index is 0.0501. The smallest absolute Gasteiger partial charge is 0.237 e. The van der Waals surface area contributed by atoms with E-state index < -0.39 is 0 Å². The second kappa shape index (κ2) is 7.02. The average Bonchev–Trinajstić information content (AvgIpc) is 3.12. The molecule has 7 heteroatoms. The van der Waals surface area contributed by atoms with Gasteiger partial charge in [0.15, 0.2) is 0 Å². The third-order valence-electron chi connectivity index (χ3n) is 5.70. The van der Waals surface area contributed by atoms with Crippen LogP contribution in [0.15, 0.2) is 22.6 Å². The highest BCUT2D eigenvalue weighted by Gasteiger charge is 2.48. The number of hydrogen-bond donors (Lipinski definition) is 1. The largest absolute Gasteiger partial charge is 0.441 e. The van der Waals surface area contributed by atoms with Gasteiger partial charge in [-0.2, -0.15) is 5.26 Å². The lowest BCUT2D eigenvalue weighted by Gasteiger charge is -2.22. The van der Waals surface area contributed by atoms with E-state index in [0.717, 1.165) is 36.9 Å². The van der Waals surface area contributed by atoms with E-state index in [2.05, 4.69) is 16.4 Å². The lowest BCUT2D eigenvalue weighted by atomic mass is 10.1. The van der Waals surface area contributed by atoms with Crippen LogP contribution < -0.4 is 5.32 Å². The van der Waals surface area contributed by atoms with Crippen LogP contribution in [0.25, 0.3) is 11.5 Å². The Bertz CT molecular complexity index is 958. The van der Waals surface area contributed by atoms with Crippen molar-refractivity contribution >= 4 is 5.91 Å². The Morgan fingerprint density at radius 3 is 2.93 bits per heavy atom. The summed E-state index contributed by atoms with van der Waals surface area (Å²) in [6.07, 6.45) is 3.36. The fourth-order valence-electron chi connectivity index (χ4n) is 3.91. The second-order valence-corrected chi connectivity index (χ2v) is 7.70. The van der Waals surface area contributed by atoms with Crippen molar-refractivity contribution in [3.63, 3.8) is 0 Å². The maximum Gasteiger partial charge on any atom is 0.237 e. The zero-order valence-electron chi connectivity index (χ0n) is 16.1. The van der Waals surface area contributed by atoms with E-state index in [1.54, 1.807) is 24.0 Å². The van der Waals surface area contributed by atoms with Crippen molar-refractivity contribution < 1.29 is 13.6 Å². The quantitative estimate of drug-likeness (QED) is 0.859. The van der Waals surface area contributed by atoms with E-state index in [0.29, 0.717) is 23.8 Å². The first kappa shape index (κ1) is 18.6. The average molecular weight is 382 g/mol. The number of hydrogen-bond acceptors (Lipinski definition) is 5. The van der Waals surface area contributed by atoms with Crippen molar-refractivity contribution in [1.82, 2.24) is 15.2 Å². The van der Waals surface area contributed by atoms with Crippen LogP contribution in [0.1, 0.15) is 42.7 Å². The SMILES string of the molecule is Cc1cc(-c2nc(C3(NCC(=O)N4CCC[C@H]4C#N)CC3)c(C)o2)ccc1F. The number of carbonyl (C=O) groups excluding carboxylic acids is 1. The predicted octanol–water partition coefficient (Wildman–Crippen LogP) is 3.19. The van der Waals surface area contributed by atoms with Crippen LogP contribution in [0.5, 0.6) is 0 Å². The molecule has 1 aliphatic carbocycles. The summed E-state index contributed by atoms with van der Waals surface area (Å²) < 4.78 is 19.4. The van der Waals surface area contributed by atoms with Crippen LogP contribution in [0.3, 0.4) is 0 Å². The molecule has 2 aromatic rings. The summed E-state index contributed by atoms with van der Waals surface area (Å²) >= 11 is 0. The molecule has 1 saturated carbocycles. The van der Waals surface area contributed by atoms with Gasteiger partial charge >= 0.3 is 0 Å². The first-order chi connectivity index (χ1) is 13.4. The molecule has 28 heavy (non-hydrogen) atoms. The Morgan fingerprint density at radius 1 is 1.46 bits per heavy atom. The Morgan fingerprint density at radius 2 is 2.25 bits per heavy atom. The van der Waals surface area contributed by atoms with Crippen molar-refractivity contribution in [3.8, 4) is 17.5 Å². The Hall–Kier alpha value is -2.72. The number of aromatic nitrogens is 1. The van der Waals surface area contributed by atoms with Gasteiger partial charge in [-0.1, -0.05) is 0 Å². The molecule has 2 fully saturated rings. The molecule has 0 radical (unpaired) electrons. The number of amides is 1. The number of oxazole rings is 1. The van der Waals surface area contributed by atoms with Crippen molar-refractivity contribution in [3.05, 3.63) is 41.0 Å². The lowest BCUT2D eigenvalue weighted by Crippen LogP contribution is -2.43. The van der Waals surface area contributed by atoms with E-state index in [-0.39, 0.29) is 29.8 Å². The van der Waals surface area contributed by atoms with Gasteiger partial charge in [0, 0.05) is 12.1 Å². The van der Waals surface area contributed by atoms with Gasteiger partial charge in [0.05, 0.1) is 18.2 Å². The summed E-state index contributed by atoms with van der Waals surface area (Å²) in [6.45, 7) is 4.38. The molecular weight excluding hydrogens is 359 g/mol. The molecule has 1 N–H and O–H groups in total. The summed E-state index contributed by atoms with van der Waals surface area (Å²) in [4.78, 5) is 18.9. The summed E-state index contributed by atoms with van der Waals surface area (Å²) in [5.74, 6) is 0.846. The number of carbonyl (C=O) groups is 1. The van der Waals surface area contributed by atoms with E-state index in [1.165, 1.54) is 6.07 Å². The number of nitriles is 1. The molecule has 1 atom stereocenters. The fourth-order valence-corrected chi connectivity index (χ4v) is 3.91. The van der Waals surface area contributed by atoms with Gasteiger partial charge in [-0.15, -0.1) is 0 Å². The number of likely N-dealkylation sites (tertiary alicyclic amines) is 1. The van der Waals surface area contributed by atoms with E-state index in [4.69, 9.17) is 4.42 Å². The Balaban J connectivity index is 1.49. The molecule has 0 bridgehead atoms. The van der Waals surface area contributed by atoms with Crippen molar-refractivity contribution in [2.75, 3.05) is 13.1 Å². The summed E-state index contributed by atoms with van der Waals surface area (Å²) in [5.41, 5.74) is 1.71. The highest BCUT2D eigenvalue weighted by atomic mass is 19.1. The third kappa shape index (κ3) is 3.29. The summed E-state index contributed by atoms with van der Waals surface area (Å²) in [5, 5.41) is 12.5. The molecule has 2 heterocycles. The monoisotopic (exact) mass is 382 g/mol. The van der Waals surface area contributed by atoms with E-state index >= 15 is 0 Å². The maximum absolute atomic E-state index is 13.5. The molecule has 1 aromatic heterocycles. The topological polar surface area (TPSA) is 82.2 Å². The molecular formula is C21H23FN4O2. The van der Waals surface area contributed by atoms with Crippen molar-refractivity contribution in [1.29, 1.82) is 5.26 Å². The molecule has 0 spiro atoms. The van der Waals surface area contributed by atoms with Gasteiger partial charge in [0.2, 0.25) is 11.8 Å². The van der Waals surface area contributed by atoms with Gasteiger partial charge in [0.25, 0.3) is 0 Å². The van der Waals surface area contributed by atoms with Gasteiger partial charge in [-0.25, -0.2) is 9.37 Å². The third-order valence-corrected chi connectivity index (χ3v) is 5.70. The highest BCUT2D eigenvalue weighted by molar-refractivity contribution is 5.79. The van der Waals surface area contributed by atoms with Gasteiger partial charge in [0.1, 0.15) is 23.3 Å². The molecule has 1 aromatic carbocycles. The number of rotatable bonds is 5. The molecule has 1 amide bonds. The molecule has 6 nitrogen and oxygen atoms in total. The molecule has 4 rings (SSSR count). The maximum atomic E-state index is 13.5. The lowest BCUT2D eigenvalue weighted by molar-refractivity contribution is -0.130. The Kier molecular flexibility index (Phi) is 4.68. The molecule has 2 aliphatic rings. The standard InChI is InChI=1S/C21H23FN4O2/c1-13-10-15(5-6-17(13)22)20-25-19(14(2)28-20)21(7-8-21)24-12-18(27)26-9-3-4-16(26)11-23/h5-6,10,16,24H,3-4,7-9,12H2,1-2H3/t16-/m0/s1. The van der Waals surface area contributed by atoms with Crippen LogP contribution >= 0.6 is 0 Å². The molecule has 0 unspecified atom stereocenters. The minimum Gasteiger partial charge on any atom is -0.441 e. The zero-order chi connectivity index (χ0) is 19.9. The number of nitrogens with zero attached hydrogens (tertiary/aromatic N) is 3. The number of nitrogens with one attached hydrogen (secondary N) is 1. The molecule has 146 valence electrons. The highest BCUT2D eigenvalue weighted by Crippen LogP contribution is 2.47. The van der Waals surface area contributed by atoms with E-state index in [1.807, 2.05) is 6.92 Å². The van der Waals surface area contributed by atoms with Gasteiger partial charge in [-0.3, -0.25) is 10.1 Å². The Labute approximate surface area is 163 Å². The first-order valence-electron chi connectivity index (χ1n) is 9.62. The van der Waals surface area contributed by atoms with Gasteiger partial charge in [-0.05, 0) is 63.3 Å². The second-order valence-electron chi connectivity index (χ2n) is 7.70.